The first kappa shape index (κ1) is 13.5. The maximum atomic E-state index is 11.4. The van der Waals surface area contributed by atoms with E-state index in [0.29, 0.717) is 0 Å². The van der Waals surface area contributed by atoms with Gasteiger partial charge in [-0.15, -0.1) is 6.58 Å². The van der Waals surface area contributed by atoms with Crippen molar-refractivity contribution in [2.45, 2.75) is 0 Å². The molecule has 0 saturated carbocycles. The average Bonchev–Trinajstić information content (AvgIpc) is 2.15. The molecule has 1 rings (SSSR count). The first-order valence-corrected chi connectivity index (χ1v) is 6.52. The SMILES string of the molecule is C=CCS(=O)(=O)Nc1cc(Cl)cc(C(=O)O)c1. The van der Waals surface area contributed by atoms with E-state index in [9.17, 15) is 13.2 Å². The minimum absolute atomic E-state index is 0.0891. The second-order valence-corrected chi connectivity index (χ2v) is 5.41. The van der Waals surface area contributed by atoms with Crippen molar-refractivity contribution in [1.82, 2.24) is 0 Å². The molecule has 17 heavy (non-hydrogen) atoms. The van der Waals surface area contributed by atoms with Crippen molar-refractivity contribution in [3.8, 4) is 0 Å². The van der Waals surface area contributed by atoms with E-state index in [2.05, 4.69) is 11.3 Å². The van der Waals surface area contributed by atoms with E-state index in [1.165, 1.54) is 24.3 Å². The molecule has 0 atom stereocenters. The fourth-order valence-corrected chi connectivity index (χ4v) is 2.25. The molecule has 0 fully saturated rings. The van der Waals surface area contributed by atoms with E-state index >= 15 is 0 Å². The summed E-state index contributed by atoms with van der Waals surface area (Å²) < 4.78 is 25.0. The molecule has 2 N–H and O–H groups in total. The molecule has 0 amide bonds. The van der Waals surface area contributed by atoms with E-state index in [0.717, 1.165) is 0 Å². The molecule has 92 valence electrons. The number of benzene rings is 1. The van der Waals surface area contributed by atoms with Crippen molar-refractivity contribution in [2.24, 2.45) is 0 Å². The van der Waals surface area contributed by atoms with Crippen LogP contribution < -0.4 is 4.72 Å². The van der Waals surface area contributed by atoms with Crippen LogP contribution in [0.5, 0.6) is 0 Å². The molecule has 0 saturated heterocycles. The zero-order valence-electron chi connectivity index (χ0n) is 8.68. The molecule has 1 aromatic carbocycles. The minimum Gasteiger partial charge on any atom is -0.478 e. The Labute approximate surface area is 104 Å². The van der Waals surface area contributed by atoms with Crippen LogP contribution in [0.25, 0.3) is 0 Å². The Bertz CT molecular complexity index is 553. The van der Waals surface area contributed by atoms with Gasteiger partial charge in [-0.05, 0) is 18.2 Å². The van der Waals surface area contributed by atoms with E-state index in [1.807, 2.05) is 0 Å². The van der Waals surface area contributed by atoms with Crippen molar-refractivity contribution < 1.29 is 18.3 Å². The largest absolute Gasteiger partial charge is 0.478 e. The third kappa shape index (κ3) is 4.08. The van der Waals surface area contributed by atoms with Crippen molar-refractivity contribution in [1.29, 1.82) is 0 Å². The van der Waals surface area contributed by atoms with Crippen molar-refractivity contribution in [2.75, 3.05) is 10.5 Å². The molecular formula is C10H10ClNO4S. The summed E-state index contributed by atoms with van der Waals surface area (Å²) in [6.45, 7) is 3.31. The molecule has 0 unspecified atom stereocenters. The lowest BCUT2D eigenvalue weighted by Crippen LogP contribution is -2.15. The van der Waals surface area contributed by atoms with Crippen LogP contribution >= 0.6 is 11.6 Å². The van der Waals surface area contributed by atoms with E-state index in [4.69, 9.17) is 16.7 Å². The summed E-state index contributed by atoms with van der Waals surface area (Å²) in [6.07, 6.45) is 1.23. The van der Waals surface area contributed by atoms with Gasteiger partial charge in [0.05, 0.1) is 17.0 Å². The highest BCUT2D eigenvalue weighted by Crippen LogP contribution is 2.20. The van der Waals surface area contributed by atoms with Crippen molar-refractivity contribution >= 4 is 33.3 Å². The number of nitrogens with one attached hydrogen (secondary N) is 1. The maximum absolute atomic E-state index is 11.4. The van der Waals surface area contributed by atoms with Gasteiger partial charge < -0.3 is 5.11 Å². The summed E-state index contributed by atoms with van der Waals surface area (Å²) in [4.78, 5) is 10.7. The van der Waals surface area contributed by atoms with E-state index in [-0.39, 0.29) is 22.0 Å². The monoisotopic (exact) mass is 275 g/mol. The number of halogens is 1. The van der Waals surface area contributed by atoms with Gasteiger partial charge in [0.15, 0.2) is 0 Å². The zero-order chi connectivity index (χ0) is 13.1. The Morgan fingerprint density at radius 3 is 2.65 bits per heavy atom. The number of anilines is 1. The number of rotatable bonds is 5. The van der Waals surface area contributed by atoms with Crippen LogP contribution in [0.15, 0.2) is 30.9 Å². The van der Waals surface area contributed by atoms with E-state index < -0.39 is 16.0 Å². The molecule has 1 aromatic rings. The van der Waals surface area contributed by atoms with Crippen LogP contribution in [0.1, 0.15) is 10.4 Å². The molecule has 0 heterocycles. The number of hydrogen-bond acceptors (Lipinski definition) is 3. The Morgan fingerprint density at radius 1 is 1.47 bits per heavy atom. The highest BCUT2D eigenvalue weighted by molar-refractivity contribution is 7.92. The molecule has 0 spiro atoms. The average molecular weight is 276 g/mol. The summed E-state index contributed by atoms with van der Waals surface area (Å²) in [6, 6.07) is 3.75. The van der Waals surface area contributed by atoms with Crippen molar-refractivity contribution in [3.63, 3.8) is 0 Å². The smallest absolute Gasteiger partial charge is 0.335 e. The Kier molecular flexibility index (Phi) is 4.14. The van der Waals surface area contributed by atoms with Crippen LogP contribution in [0.4, 0.5) is 5.69 Å². The van der Waals surface area contributed by atoms with Gasteiger partial charge in [-0.25, -0.2) is 13.2 Å². The van der Waals surface area contributed by atoms with Crippen LogP contribution in [0.2, 0.25) is 5.02 Å². The fraction of sp³-hybridized carbons (Fsp3) is 0.100. The molecule has 0 aliphatic rings. The van der Waals surface area contributed by atoms with Gasteiger partial charge in [0.1, 0.15) is 0 Å². The molecular weight excluding hydrogens is 266 g/mol. The molecule has 0 aromatic heterocycles. The van der Waals surface area contributed by atoms with Crippen LogP contribution in [-0.2, 0) is 10.0 Å². The lowest BCUT2D eigenvalue weighted by molar-refractivity contribution is 0.0697. The number of sulfonamides is 1. The van der Waals surface area contributed by atoms with Gasteiger partial charge in [-0.1, -0.05) is 17.7 Å². The molecule has 0 bridgehead atoms. The third-order valence-corrected chi connectivity index (χ3v) is 3.19. The van der Waals surface area contributed by atoms with Crippen molar-refractivity contribution in [3.05, 3.63) is 41.4 Å². The first-order chi connectivity index (χ1) is 7.84. The highest BCUT2D eigenvalue weighted by Gasteiger charge is 2.11. The lowest BCUT2D eigenvalue weighted by Gasteiger charge is -2.07. The molecule has 0 aliphatic heterocycles. The summed E-state index contributed by atoms with van der Waals surface area (Å²) in [7, 11) is -3.56. The second kappa shape index (κ2) is 5.20. The topological polar surface area (TPSA) is 83.5 Å². The predicted molar refractivity (Wildman–Crippen MR) is 66.0 cm³/mol. The Balaban J connectivity index is 3.07. The highest BCUT2D eigenvalue weighted by atomic mass is 35.5. The summed E-state index contributed by atoms with van der Waals surface area (Å²) in [5, 5.41) is 8.92. The standard InChI is InChI=1S/C10H10ClNO4S/c1-2-3-17(15,16)12-9-5-7(10(13)14)4-8(11)6-9/h2,4-6,12H,1,3H2,(H,13,14). The van der Waals surface area contributed by atoms with Gasteiger partial charge in [-0.2, -0.15) is 0 Å². The number of carboxylic acids is 1. The number of carbonyl (C=O) groups is 1. The Hall–Kier alpha value is -1.53. The summed E-state index contributed by atoms with van der Waals surface area (Å²) in [5.74, 6) is -1.45. The molecule has 5 nitrogen and oxygen atoms in total. The second-order valence-electron chi connectivity index (χ2n) is 3.21. The Morgan fingerprint density at radius 2 is 2.12 bits per heavy atom. The molecule has 7 heteroatoms. The third-order valence-electron chi connectivity index (χ3n) is 1.76. The first-order valence-electron chi connectivity index (χ1n) is 4.49. The normalized spacial score (nSPS) is 10.9. The van der Waals surface area contributed by atoms with Gasteiger partial charge in [0.25, 0.3) is 0 Å². The van der Waals surface area contributed by atoms with E-state index in [1.54, 1.807) is 0 Å². The minimum atomic E-state index is -3.56. The van der Waals surface area contributed by atoms with Crippen LogP contribution in [-0.4, -0.2) is 25.2 Å². The van der Waals surface area contributed by atoms with Crippen LogP contribution in [0.3, 0.4) is 0 Å². The molecule has 0 radical (unpaired) electrons. The fourth-order valence-electron chi connectivity index (χ4n) is 1.15. The lowest BCUT2D eigenvalue weighted by atomic mass is 10.2. The van der Waals surface area contributed by atoms with Gasteiger partial charge in [0, 0.05) is 5.02 Å². The number of aromatic carboxylic acids is 1. The number of hydrogen-bond donors (Lipinski definition) is 2. The van der Waals surface area contributed by atoms with Gasteiger partial charge in [0.2, 0.25) is 10.0 Å². The maximum Gasteiger partial charge on any atom is 0.335 e. The molecule has 0 aliphatic carbocycles. The van der Waals surface area contributed by atoms with Gasteiger partial charge in [-0.3, -0.25) is 4.72 Å². The summed E-state index contributed by atoms with van der Waals surface area (Å²) >= 11 is 5.68. The number of carboxylic acid groups (broad SMARTS) is 1. The zero-order valence-corrected chi connectivity index (χ0v) is 10.3. The summed E-state index contributed by atoms with van der Waals surface area (Å²) in [5.41, 5.74) is 0.0190. The van der Waals surface area contributed by atoms with Crippen LogP contribution in [0, 0.1) is 0 Å². The predicted octanol–water partition coefficient (Wildman–Crippen LogP) is 1.97. The van der Waals surface area contributed by atoms with Gasteiger partial charge >= 0.3 is 5.97 Å². The quantitative estimate of drug-likeness (QED) is 0.805.